The van der Waals surface area contributed by atoms with Crippen LogP contribution in [0.4, 0.5) is 4.39 Å². The van der Waals surface area contributed by atoms with Crippen LogP contribution in [0.3, 0.4) is 0 Å². The first-order valence-corrected chi connectivity index (χ1v) is 4.48. The highest BCUT2D eigenvalue weighted by Crippen LogP contribution is 2.42. The van der Waals surface area contributed by atoms with E-state index in [9.17, 15) is 4.39 Å². The van der Waals surface area contributed by atoms with Crippen LogP contribution in [-0.2, 0) is 10.3 Å². The zero-order valence-electron chi connectivity index (χ0n) is 8.10. The Balaban J connectivity index is 2.59. The molecular weight excluding hydrogens is 167 g/mol. The molecule has 1 atom stereocenters. The van der Waals surface area contributed by atoms with Gasteiger partial charge in [-0.2, -0.15) is 0 Å². The highest BCUT2D eigenvalue weighted by molar-refractivity contribution is 5.37. The Morgan fingerprint density at radius 1 is 1.38 bits per heavy atom. The third-order valence-corrected chi connectivity index (χ3v) is 2.57. The van der Waals surface area contributed by atoms with Crippen LogP contribution in [0.5, 0.6) is 0 Å². The van der Waals surface area contributed by atoms with Gasteiger partial charge >= 0.3 is 0 Å². The van der Waals surface area contributed by atoms with Gasteiger partial charge in [0.15, 0.2) is 0 Å². The molecule has 1 nitrogen and oxygen atoms in total. The fourth-order valence-electron chi connectivity index (χ4n) is 1.99. The van der Waals surface area contributed by atoms with Gasteiger partial charge in [-0.3, -0.25) is 0 Å². The molecule has 1 heterocycles. The lowest BCUT2D eigenvalue weighted by Gasteiger charge is -2.19. The normalized spacial score (nSPS) is 24.5. The van der Waals surface area contributed by atoms with E-state index in [2.05, 4.69) is 0 Å². The summed E-state index contributed by atoms with van der Waals surface area (Å²) in [6.07, 6.45) is 0.000648. The van der Waals surface area contributed by atoms with Gasteiger partial charge in [0.1, 0.15) is 5.82 Å². The van der Waals surface area contributed by atoms with Crippen molar-refractivity contribution >= 4 is 0 Å². The van der Waals surface area contributed by atoms with Crippen molar-refractivity contribution in [3.05, 3.63) is 35.1 Å². The summed E-state index contributed by atoms with van der Waals surface area (Å²) < 4.78 is 18.6. The number of benzene rings is 1. The van der Waals surface area contributed by atoms with Crippen molar-refractivity contribution < 1.29 is 9.13 Å². The van der Waals surface area contributed by atoms with E-state index in [1.165, 1.54) is 6.07 Å². The lowest BCUT2D eigenvalue weighted by Crippen LogP contribution is -2.14. The van der Waals surface area contributed by atoms with Gasteiger partial charge in [-0.05, 0) is 44.0 Å². The Morgan fingerprint density at radius 2 is 2.08 bits per heavy atom. The first kappa shape index (κ1) is 8.70. The fraction of sp³-hybridized carbons (Fsp3) is 0.455. The summed E-state index contributed by atoms with van der Waals surface area (Å²) in [5.41, 5.74) is 1.80. The summed E-state index contributed by atoms with van der Waals surface area (Å²) in [4.78, 5) is 0. The second kappa shape index (κ2) is 2.55. The van der Waals surface area contributed by atoms with Gasteiger partial charge in [-0.25, -0.2) is 4.39 Å². The second-order valence-corrected chi connectivity index (χ2v) is 4.00. The number of fused-ring (bicyclic) bond motifs is 1. The maximum atomic E-state index is 12.9. The maximum absolute atomic E-state index is 12.9. The molecule has 0 bridgehead atoms. The first-order chi connectivity index (χ1) is 6.00. The smallest absolute Gasteiger partial charge is 0.123 e. The third kappa shape index (κ3) is 1.25. The Hall–Kier alpha value is -0.890. The Labute approximate surface area is 77.5 Å². The van der Waals surface area contributed by atoms with Gasteiger partial charge in [0, 0.05) is 0 Å². The highest BCUT2D eigenvalue weighted by atomic mass is 19.1. The fourth-order valence-corrected chi connectivity index (χ4v) is 1.99. The molecule has 13 heavy (non-hydrogen) atoms. The molecule has 1 unspecified atom stereocenters. The minimum absolute atomic E-state index is 0.000648. The zero-order valence-corrected chi connectivity index (χ0v) is 8.10. The topological polar surface area (TPSA) is 9.23 Å². The average molecular weight is 180 g/mol. The van der Waals surface area contributed by atoms with Gasteiger partial charge in [0.25, 0.3) is 0 Å². The molecule has 0 saturated heterocycles. The molecule has 70 valence electrons. The molecule has 0 aromatic heterocycles. The number of halogens is 1. The van der Waals surface area contributed by atoms with Crippen molar-refractivity contribution in [2.45, 2.75) is 32.5 Å². The van der Waals surface area contributed by atoms with E-state index in [1.54, 1.807) is 6.07 Å². The molecule has 0 saturated carbocycles. The minimum Gasteiger partial charge on any atom is -0.363 e. The molecule has 2 heteroatoms. The van der Waals surface area contributed by atoms with Crippen molar-refractivity contribution in [2.24, 2.45) is 0 Å². The molecule has 0 amide bonds. The molecule has 1 aromatic rings. The predicted molar refractivity (Wildman–Crippen MR) is 48.9 cm³/mol. The van der Waals surface area contributed by atoms with Crippen LogP contribution in [0.15, 0.2) is 18.2 Å². The molecule has 1 aromatic carbocycles. The Kier molecular flexibility index (Phi) is 1.70. The number of rotatable bonds is 0. The lowest BCUT2D eigenvalue weighted by molar-refractivity contribution is -0.0435. The second-order valence-electron chi connectivity index (χ2n) is 4.00. The van der Waals surface area contributed by atoms with Gasteiger partial charge in [-0.15, -0.1) is 0 Å². The number of hydrogen-bond donors (Lipinski definition) is 0. The highest BCUT2D eigenvalue weighted by Gasteiger charge is 2.35. The summed E-state index contributed by atoms with van der Waals surface area (Å²) in [5, 5.41) is 0. The zero-order chi connectivity index (χ0) is 9.64. The molecule has 1 aliphatic rings. The van der Waals surface area contributed by atoms with Gasteiger partial charge < -0.3 is 4.74 Å². The molecular formula is C11H13FO. The molecule has 0 spiro atoms. The minimum atomic E-state index is -0.275. The summed E-state index contributed by atoms with van der Waals surface area (Å²) in [5.74, 6) is -0.188. The first-order valence-electron chi connectivity index (χ1n) is 4.48. The summed E-state index contributed by atoms with van der Waals surface area (Å²) in [7, 11) is 0. The summed E-state index contributed by atoms with van der Waals surface area (Å²) >= 11 is 0. The van der Waals surface area contributed by atoms with Crippen molar-refractivity contribution in [2.75, 3.05) is 0 Å². The molecule has 0 fully saturated rings. The lowest BCUT2D eigenvalue weighted by atomic mass is 9.95. The van der Waals surface area contributed by atoms with Crippen molar-refractivity contribution in [1.82, 2.24) is 0 Å². The summed E-state index contributed by atoms with van der Waals surface area (Å²) in [6, 6.07) is 4.87. The van der Waals surface area contributed by atoms with E-state index in [0.29, 0.717) is 0 Å². The van der Waals surface area contributed by atoms with Crippen LogP contribution in [0.2, 0.25) is 0 Å². The van der Waals surface area contributed by atoms with Crippen molar-refractivity contribution in [3.8, 4) is 0 Å². The van der Waals surface area contributed by atoms with E-state index < -0.39 is 0 Å². The van der Waals surface area contributed by atoms with E-state index >= 15 is 0 Å². The van der Waals surface area contributed by atoms with E-state index in [0.717, 1.165) is 11.1 Å². The van der Waals surface area contributed by atoms with Gasteiger partial charge in [-0.1, -0.05) is 6.07 Å². The van der Waals surface area contributed by atoms with E-state index in [4.69, 9.17) is 4.74 Å². The molecule has 0 aliphatic carbocycles. The Bertz CT molecular complexity index is 344. The van der Waals surface area contributed by atoms with Crippen LogP contribution in [-0.4, -0.2) is 0 Å². The molecule has 0 N–H and O–H groups in total. The van der Waals surface area contributed by atoms with Crippen molar-refractivity contribution in [1.29, 1.82) is 0 Å². The molecule has 0 radical (unpaired) electrons. The van der Waals surface area contributed by atoms with Crippen LogP contribution < -0.4 is 0 Å². The average Bonchev–Trinajstić information content (AvgIpc) is 2.22. The standard InChI is InChI=1S/C11H13FO/c1-7-9-6-8(12)4-5-10(9)11(2,3)13-7/h4-7H,1-3H3. The van der Waals surface area contributed by atoms with Gasteiger partial charge in [0.05, 0.1) is 11.7 Å². The van der Waals surface area contributed by atoms with Crippen LogP contribution in [0, 0.1) is 5.82 Å². The SMILES string of the molecule is CC1OC(C)(C)c2ccc(F)cc21. The monoisotopic (exact) mass is 180 g/mol. The van der Waals surface area contributed by atoms with Crippen LogP contribution in [0.25, 0.3) is 0 Å². The Morgan fingerprint density at radius 3 is 2.77 bits per heavy atom. The third-order valence-electron chi connectivity index (χ3n) is 2.57. The molecule has 1 aliphatic heterocycles. The van der Waals surface area contributed by atoms with Crippen LogP contribution >= 0.6 is 0 Å². The summed E-state index contributed by atoms with van der Waals surface area (Å²) in [6.45, 7) is 5.97. The van der Waals surface area contributed by atoms with Crippen molar-refractivity contribution in [3.63, 3.8) is 0 Å². The van der Waals surface area contributed by atoms with Crippen LogP contribution in [0.1, 0.15) is 38.0 Å². The van der Waals surface area contributed by atoms with E-state index in [1.807, 2.05) is 26.8 Å². The maximum Gasteiger partial charge on any atom is 0.123 e. The van der Waals surface area contributed by atoms with Gasteiger partial charge in [0.2, 0.25) is 0 Å². The predicted octanol–water partition coefficient (Wildman–Crippen LogP) is 3.15. The van der Waals surface area contributed by atoms with E-state index in [-0.39, 0.29) is 17.5 Å². The molecule has 2 rings (SSSR count). The quantitative estimate of drug-likeness (QED) is 0.596. The number of hydrogen-bond acceptors (Lipinski definition) is 1. The number of ether oxygens (including phenoxy) is 1. The largest absolute Gasteiger partial charge is 0.363 e.